The Balaban J connectivity index is 3.63. The Labute approximate surface area is 143 Å². The number of carbonyl (C=O) groups is 2. The van der Waals surface area contributed by atoms with Crippen LogP contribution in [-0.2, 0) is 37.1 Å². The number of rotatable bonds is 14. The van der Waals surface area contributed by atoms with Crippen molar-refractivity contribution in [1.29, 1.82) is 0 Å². The zero-order chi connectivity index (χ0) is 18.4. The predicted octanol–water partition coefficient (Wildman–Crippen LogP) is -0.328. The lowest BCUT2D eigenvalue weighted by atomic mass is 10.4. The molecule has 0 amide bonds. The molecule has 0 aromatic rings. The highest BCUT2D eigenvalue weighted by Crippen LogP contribution is 2.03. The molecule has 0 aliphatic heterocycles. The van der Waals surface area contributed by atoms with Crippen LogP contribution in [0.2, 0.25) is 0 Å². The van der Waals surface area contributed by atoms with Crippen molar-refractivity contribution < 1.29 is 37.1 Å². The van der Waals surface area contributed by atoms with Gasteiger partial charge in [-0.2, -0.15) is 0 Å². The van der Waals surface area contributed by atoms with Gasteiger partial charge in [0.15, 0.2) is 0 Å². The standard InChI is InChI=1S/C14H27NO8Si/c1-12(2)14(17)23-9-7-21-6-8-22-13(16)10-15-11-24(18-3,19-4)20-5/h15H,1,6-11H2,2-5H3. The molecule has 0 aromatic heterocycles. The fourth-order valence-corrected chi connectivity index (χ4v) is 2.83. The number of nitrogens with one attached hydrogen (secondary N) is 1. The monoisotopic (exact) mass is 365 g/mol. The molecule has 24 heavy (non-hydrogen) atoms. The number of carbonyl (C=O) groups excluding carboxylic acids is 2. The van der Waals surface area contributed by atoms with E-state index in [9.17, 15) is 9.59 Å². The summed E-state index contributed by atoms with van der Waals surface area (Å²) in [5.74, 6) is -0.891. The SMILES string of the molecule is C=C(C)C(=O)OCCOCCOC(=O)CNC[Si](OC)(OC)OC. The molecule has 0 saturated heterocycles. The van der Waals surface area contributed by atoms with Gasteiger partial charge in [0, 0.05) is 26.9 Å². The van der Waals surface area contributed by atoms with Crippen molar-refractivity contribution in [1.82, 2.24) is 5.32 Å². The largest absolute Gasteiger partial charge is 0.514 e. The minimum Gasteiger partial charge on any atom is -0.462 e. The highest BCUT2D eigenvalue weighted by molar-refractivity contribution is 6.60. The molecular formula is C14H27NO8Si. The zero-order valence-corrected chi connectivity index (χ0v) is 15.7. The van der Waals surface area contributed by atoms with Crippen molar-refractivity contribution in [3.05, 3.63) is 12.2 Å². The van der Waals surface area contributed by atoms with Crippen LogP contribution in [0, 0.1) is 0 Å². The normalized spacial score (nSPS) is 11.2. The second kappa shape index (κ2) is 13.0. The summed E-state index contributed by atoms with van der Waals surface area (Å²) >= 11 is 0. The Kier molecular flexibility index (Phi) is 12.3. The van der Waals surface area contributed by atoms with E-state index >= 15 is 0 Å². The third kappa shape index (κ3) is 9.75. The van der Waals surface area contributed by atoms with Gasteiger partial charge in [0.1, 0.15) is 13.2 Å². The van der Waals surface area contributed by atoms with Gasteiger partial charge in [-0.15, -0.1) is 0 Å². The summed E-state index contributed by atoms with van der Waals surface area (Å²) in [6, 6.07) is 0. The van der Waals surface area contributed by atoms with Crippen molar-refractivity contribution in [2.45, 2.75) is 6.92 Å². The Morgan fingerprint density at radius 1 is 0.958 bits per heavy atom. The molecule has 0 unspecified atom stereocenters. The maximum atomic E-state index is 11.5. The number of hydrogen-bond acceptors (Lipinski definition) is 9. The Morgan fingerprint density at radius 2 is 1.50 bits per heavy atom. The van der Waals surface area contributed by atoms with Crippen molar-refractivity contribution in [2.75, 3.05) is 60.5 Å². The first-order valence-electron chi connectivity index (χ1n) is 7.33. The second-order valence-corrected chi connectivity index (χ2v) is 7.59. The van der Waals surface area contributed by atoms with Gasteiger partial charge in [0.2, 0.25) is 0 Å². The Bertz CT molecular complexity index is 392. The van der Waals surface area contributed by atoms with Gasteiger partial charge in [0.05, 0.1) is 25.9 Å². The molecule has 10 heteroatoms. The van der Waals surface area contributed by atoms with E-state index in [1.165, 1.54) is 21.3 Å². The molecule has 9 nitrogen and oxygen atoms in total. The van der Waals surface area contributed by atoms with Gasteiger partial charge in [-0.05, 0) is 6.92 Å². The van der Waals surface area contributed by atoms with Crippen LogP contribution in [0.3, 0.4) is 0 Å². The Morgan fingerprint density at radius 3 is 2.00 bits per heavy atom. The topological polar surface area (TPSA) is 102 Å². The van der Waals surface area contributed by atoms with E-state index in [0.29, 0.717) is 5.57 Å². The summed E-state index contributed by atoms with van der Waals surface area (Å²) in [4.78, 5) is 22.6. The summed E-state index contributed by atoms with van der Waals surface area (Å²) in [5, 5.41) is 2.87. The first-order valence-corrected chi connectivity index (χ1v) is 9.26. The van der Waals surface area contributed by atoms with E-state index in [-0.39, 0.29) is 39.1 Å². The van der Waals surface area contributed by atoms with Crippen molar-refractivity contribution in [2.24, 2.45) is 0 Å². The summed E-state index contributed by atoms with van der Waals surface area (Å²) in [5.41, 5.74) is 0.332. The van der Waals surface area contributed by atoms with Crippen LogP contribution < -0.4 is 5.32 Å². The van der Waals surface area contributed by atoms with Crippen LogP contribution in [0.1, 0.15) is 6.92 Å². The van der Waals surface area contributed by atoms with Gasteiger partial charge in [0.25, 0.3) is 0 Å². The van der Waals surface area contributed by atoms with Crippen molar-refractivity contribution in [3.8, 4) is 0 Å². The fraction of sp³-hybridized carbons (Fsp3) is 0.714. The van der Waals surface area contributed by atoms with E-state index in [1.807, 2.05) is 0 Å². The van der Waals surface area contributed by atoms with Crippen molar-refractivity contribution in [3.63, 3.8) is 0 Å². The summed E-state index contributed by atoms with van der Waals surface area (Å²) in [7, 11) is 1.72. The molecule has 0 bridgehead atoms. The van der Waals surface area contributed by atoms with Crippen LogP contribution >= 0.6 is 0 Å². The highest BCUT2D eigenvalue weighted by Gasteiger charge is 2.37. The molecule has 0 heterocycles. The summed E-state index contributed by atoms with van der Waals surface area (Å²) in [6.45, 7) is 5.69. The molecular weight excluding hydrogens is 338 g/mol. The lowest BCUT2D eigenvalue weighted by Gasteiger charge is -2.24. The van der Waals surface area contributed by atoms with Crippen LogP contribution in [0.25, 0.3) is 0 Å². The van der Waals surface area contributed by atoms with Crippen LogP contribution in [0.15, 0.2) is 12.2 Å². The lowest BCUT2D eigenvalue weighted by molar-refractivity contribution is -0.144. The minimum absolute atomic E-state index is 0.00105. The molecule has 0 atom stereocenters. The molecule has 0 saturated carbocycles. The Hall–Kier alpha value is -1.30. The van der Waals surface area contributed by atoms with Crippen LogP contribution in [0.4, 0.5) is 0 Å². The fourth-order valence-electron chi connectivity index (χ4n) is 1.47. The minimum atomic E-state index is -2.75. The van der Waals surface area contributed by atoms with E-state index in [0.717, 1.165) is 0 Å². The zero-order valence-electron chi connectivity index (χ0n) is 14.7. The summed E-state index contributed by atoms with van der Waals surface area (Å²) < 4.78 is 30.6. The lowest BCUT2D eigenvalue weighted by Crippen LogP contribution is -2.53. The first kappa shape index (κ1) is 22.7. The first-order chi connectivity index (χ1) is 11.4. The number of esters is 2. The highest BCUT2D eigenvalue weighted by atomic mass is 28.4. The van der Waals surface area contributed by atoms with Gasteiger partial charge in [-0.3, -0.25) is 4.79 Å². The predicted molar refractivity (Wildman–Crippen MR) is 87.2 cm³/mol. The van der Waals surface area contributed by atoms with Gasteiger partial charge >= 0.3 is 20.7 Å². The second-order valence-electron chi connectivity index (χ2n) is 4.65. The average molecular weight is 365 g/mol. The van der Waals surface area contributed by atoms with E-state index in [1.54, 1.807) is 6.92 Å². The molecule has 0 aliphatic carbocycles. The van der Waals surface area contributed by atoms with Crippen LogP contribution in [-0.4, -0.2) is 81.2 Å². The van der Waals surface area contributed by atoms with E-state index in [4.69, 9.17) is 27.5 Å². The molecule has 0 aliphatic rings. The molecule has 0 rings (SSSR count). The number of hydrogen-bond donors (Lipinski definition) is 1. The van der Waals surface area contributed by atoms with Gasteiger partial charge in [-0.25, -0.2) is 4.79 Å². The van der Waals surface area contributed by atoms with Gasteiger partial charge in [-0.1, -0.05) is 6.58 Å². The number of ether oxygens (including phenoxy) is 3. The van der Waals surface area contributed by atoms with Gasteiger partial charge < -0.3 is 32.8 Å². The maximum Gasteiger partial charge on any atom is 0.514 e. The maximum absolute atomic E-state index is 11.5. The smallest absolute Gasteiger partial charge is 0.462 e. The molecule has 0 fully saturated rings. The molecule has 1 N–H and O–H groups in total. The molecule has 0 spiro atoms. The molecule has 0 aromatic carbocycles. The van der Waals surface area contributed by atoms with Crippen LogP contribution in [0.5, 0.6) is 0 Å². The van der Waals surface area contributed by atoms with Crippen molar-refractivity contribution >= 4 is 20.7 Å². The quantitative estimate of drug-likeness (QED) is 0.192. The third-order valence-corrected chi connectivity index (χ3v) is 5.39. The molecule has 0 radical (unpaired) electrons. The average Bonchev–Trinajstić information content (AvgIpc) is 2.58. The summed E-state index contributed by atoms with van der Waals surface area (Å²) in [6.07, 6.45) is 0.288. The van der Waals surface area contributed by atoms with E-state index < -0.39 is 20.7 Å². The molecule has 140 valence electrons. The third-order valence-electron chi connectivity index (χ3n) is 2.84. The van der Waals surface area contributed by atoms with E-state index in [2.05, 4.69) is 11.9 Å².